The lowest BCUT2D eigenvalue weighted by Gasteiger charge is -2.48. The number of rotatable bonds is 11. The third-order valence-corrected chi connectivity index (χ3v) is 11.5. The first-order valence-electron chi connectivity index (χ1n) is 16.5. The summed E-state index contributed by atoms with van der Waals surface area (Å²) in [5, 5.41) is 4.03. The Hall–Kier alpha value is -2.66. The third kappa shape index (κ3) is 8.51. The van der Waals surface area contributed by atoms with Crippen molar-refractivity contribution in [3.63, 3.8) is 0 Å². The van der Waals surface area contributed by atoms with Crippen LogP contribution in [0.15, 0.2) is 82.8 Å². The second-order valence-corrected chi connectivity index (χ2v) is 16.7. The molecule has 2 aliphatic heterocycles. The molecule has 8 nitrogen and oxygen atoms in total. The van der Waals surface area contributed by atoms with E-state index in [2.05, 4.69) is 21.2 Å². The quantitative estimate of drug-likeness (QED) is 0.154. The van der Waals surface area contributed by atoms with Gasteiger partial charge >= 0.3 is 6.09 Å². The lowest BCUT2D eigenvalue weighted by molar-refractivity contribution is -0.129. The molecule has 2 bridgehead atoms. The number of hydrogen-bond acceptors (Lipinski definition) is 6. The molecule has 2 unspecified atom stereocenters. The standard InChI is InChI=1S/C37H38BrCl4N3O5/c1-36(2,37(40,41)42)50-35(47)45-27-19-30(23-7-13-28(14-8-23)48-17-18-49-29-15-9-25(38)10-16-29)33(32(45)21-43-20-27)34(46)44(26-11-12-26)22-24-5-3-4-6-31(24)39/h3-10,13-16,26-27,32,43H,11-12,17-22H2,1-2H3. The Balaban J connectivity index is 1.29. The topological polar surface area (TPSA) is 80.3 Å². The molecule has 2 atom stereocenters. The van der Waals surface area contributed by atoms with Gasteiger partial charge in [-0.05, 0) is 92.3 Å². The number of benzene rings is 3. The van der Waals surface area contributed by atoms with Crippen LogP contribution in [0.4, 0.5) is 4.79 Å². The molecular formula is C37H38BrCl4N3O5. The molecule has 1 aliphatic carbocycles. The average molecular weight is 826 g/mol. The van der Waals surface area contributed by atoms with Gasteiger partial charge in [0.15, 0.2) is 5.60 Å². The molecule has 2 fully saturated rings. The van der Waals surface area contributed by atoms with Crippen molar-refractivity contribution >= 4 is 79.9 Å². The number of carbonyl (C=O) groups is 2. The van der Waals surface area contributed by atoms with Gasteiger partial charge in [0.05, 0.1) is 12.1 Å². The van der Waals surface area contributed by atoms with Crippen LogP contribution in [0.1, 0.15) is 44.2 Å². The summed E-state index contributed by atoms with van der Waals surface area (Å²) in [6, 6.07) is 22.0. The first-order chi connectivity index (χ1) is 23.8. The summed E-state index contributed by atoms with van der Waals surface area (Å²) in [4.78, 5) is 32.3. The molecule has 3 aromatic carbocycles. The minimum Gasteiger partial charge on any atom is -0.490 e. The Bertz CT molecular complexity index is 1730. The van der Waals surface area contributed by atoms with Crippen molar-refractivity contribution in [2.45, 2.75) is 67.2 Å². The number of piperazine rings is 1. The van der Waals surface area contributed by atoms with E-state index in [1.54, 1.807) is 18.7 Å². The first kappa shape index (κ1) is 37.1. The summed E-state index contributed by atoms with van der Waals surface area (Å²) in [7, 11) is 0. The zero-order valence-electron chi connectivity index (χ0n) is 27.6. The van der Waals surface area contributed by atoms with Crippen LogP contribution < -0.4 is 14.8 Å². The summed E-state index contributed by atoms with van der Waals surface area (Å²) in [6.45, 7) is 5.06. The maximum Gasteiger partial charge on any atom is 0.411 e. The Morgan fingerprint density at radius 1 is 0.920 bits per heavy atom. The zero-order chi connectivity index (χ0) is 35.6. The smallest absolute Gasteiger partial charge is 0.411 e. The SMILES string of the molecule is CC(C)(OC(=O)N1C2CNCC1C(C(=O)N(Cc1ccccc1Cl)C1CC1)=C(c1ccc(OCCOc3ccc(Br)cc3)cc1)C2)C(Cl)(Cl)Cl. The van der Waals surface area contributed by atoms with E-state index in [0.29, 0.717) is 55.6 Å². The molecule has 3 aliphatic rings. The number of halogens is 5. The minimum atomic E-state index is -1.86. The van der Waals surface area contributed by atoms with Gasteiger partial charge in [0.1, 0.15) is 24.7 Å². The Morgan fingerprint density at radius 2 is 1.54 bits per heavy atom. The average Bonchev–Trinajstić information content (AvgIpc) is 3.91. The fourth-order valence-corrected chi connectivity index (χ4v) is 6.84. The molecule has 3 aromatic rings. The fraction of sp³-hybridized carbons (Fsp3) is 0.405. The summed E-state index contributed by atoms with van der Waals surface area (Å²) < 4.78 is 16.7. The second kappa shape index (κ2) is 15.5. The van der Waals surface area contributed by atoms with Gasteiger partial charge in [0, 0.05) is 40.7 Å². The van der Waals surface area contributed by atoms with E-state index < -0.39 is 21.5 Å². The summed E-state index contributed by atoms with van der Waals surface area (Å²) in [5.41, 5.74) is 1.73. The number of nitrogens with zero attached hydrogens (tertiary/aromatic N) is 2. The number of amides is 2. The van der Waals surface area contributed by atoms with Crippen LogP contribution in [-0.4, -0.2) is 75.6 Å². The van der Waals surface area contributed by atoms with E-state index in [-0.39, 0.29) is 18.0 Å². The number of alkyl halides is 3. The van der Waals surface area contributed by atoms with Gasteiger partial charge < -0.3 is 24.4 Å². The van der Waals surface area contributed by atoms with Crippen molar-refractivity contribution < 1.29 is 23.8 Å². The predicted octanol–water partition coefficient (Wildman–Crippen LogP) is 8.84. The third-order valence-electron chi connectivity index (χ3n) is 9.20. The van der Waals surface area contributed by atoms with Crippen molar-refractivity contribution in [1.29, 1.82) is 0 Å². The van der Waals surface area contributed by atoms with Crippen molar-refractivity contribution in [2.75, 3.05) is 26.3 Å². The molecule has 6 rings (SSSR count). The van der Waals surface area contributed by atoms with Gasteiger partial charge in [0.2, 0.25) is 3.79 Å². The lowest BCUT2D eigenvalue weighted by atomic mass is 9.82. The summed E-state index contributed by atoms with van der Waals surface area (Å²) in [6.07, 6.45) is 1.57. The van der Waals surface area contributed by atoms with Crippen LogP contribution in [0.25, 0.3) is 5.57 Å². The largest absolute Gasteiger partial charge is 0.490 e. The zero-order valence-corrected chi connectivity index (χ0v) is 32.3. The first-order valence-corrected chi connectivity index (χ1v) is 18.8. The number of carbonyl (C=O) groups excluding carboxylic acids is 2. The van der Waals surface area contributed by atoms with Crippen LogP contribution in [0, 0.1) is 0 Å². The van der Waals surface area contributed by atoms with E-state index >= 15 is 0 Å². The van der Waals surface area contributed by atoms with Crippen molar-refractivity contribution in [3.05, 3.63) is 99.0 Å². The highest BCUT2D eigenvalue weighted by atomic mass is 79.9. The Morgan fingerprint density at radius 3 is 2.14 bits per heavy atom. The molecule has 2 amide bonds. The monoisotopic (exact) mass is 823 g/mol. The lowest BCUT2D eigenvalue weighted by Crippen LogP contribution is -2.64. The maximum atomic E-state index is 14.9. The van der Waals surface area contributed by atoms with Gasteiger partial charge in [-0.2, -0.15) is 0 Å². The van der Waals surface area contributed by atoms with Crippen LogP contribution in [0.3, 0.4) is 0 Å². The second-order valence-electron chi connectivity index (χ2n) is 13.1. The van der Waals surface area contributed by atoms with E-state index in [1.807, 2.05) is 77.7 Å². The minimum absolute atomic E-state index is 0.0703. The highest BCUT2D eigenvalue weighted by Crippen LogP contribution is 2.44. The Labute approximate surface area is 321 Å². The molecule has 13 heteroatoms. The van der Waals surface area contributed by atoms with E-state index in [9.17, 15) is 9.59 Å². The summed E-state index contributed by atoms with van der Waals surface area (Å²) >= 11 is 28.6. The van der Waals surface area contributed by atoms with Gasteiger partial charge in [-0.3, -0.25) is 9.69 Å². The molecule has 0 aromatic heterocycles. The van der Waals surface area contributed by atoms with Crippen molar-refractivity contribution in [1.82, 2.24) is 15.1 Å². The normalized spacial score (nSPS) is 19.2. The number of hydrogen-bond donors (Lipinski definition) is 1. The van der Waals surface area contributed by atoms with Gasteiger partial charge in [0.25, 0.3) is 5.91 Å². The van der Waals surface area contributed by atoms with Crippen LogP contribution in [0.2, 0.25) is 5.02 Å². The molecule has 1 saturated heterocycles. The van der Waals surface area contributed by atoms with Gasteiger partial charge in [-0.15, -0.1) is 0 Å². The van der Waals surface area contributed by atoms with Crippen molar-refractivity contribution in [2.24, 2.45) is 0 Å². The van der Waals surface area contributed by atoms with Gasteiger partial charge in [-0.25, -0.2) is 4.79 Å². The van der Waals surface area contributed by atoms with Gasteiger partial charge in [-0.1, -0.05) is 92.7 Å². The number of ether oxygens (including phenoxy) is 3. The van der Waals surface area contributed by atoms with E-state index in [4.69, 9.17) is 60.6 Å². The predicted molar refractivity (Wildman–Crippen MR) is 201 cm³/mol. The van der Waals surface area contributed by atoms with Crippen LogP contribution in [0.5, 0.6) is 11.5 Å². The highest BCUT2D eigenvalue weighted by Gasteiger charge is 2.50. The molecule has 0 radical (unpaired) electrons. The fourth-order valence-electron chi connectivity index (χ4n) is 6.27. The molecule has 0 spiro atoms. The maximum absolute atomic E-state index is 14.9. The number of nitrogens with one attached hydrogen (secondary N) is 1. The molecule has 266 valence electrons. The highest BCUT2D eigenvalue weighted by molar-refractivity contribution is 9.10. The molecule has 50 heavy (non-hydrogen) atoms. The molecule has 2 heterocycles. The number of fused-ring (bicyclic) bond motifs is 2. The molecular weight excluding hydrogens is 788 g/mol. The van der Waals surface area contributed by atoms with Crippen molar-refractivity contribution in [3.8, 4) is 11.5 Å². The Kier molecular flexibility index (Phi) is 11.5. The van der Waals surface area contributed by atoms with E-state index in [0.717, 1.165) is 39.8 Å². The van der Waals surface area contributed by atoms with Crippen LogP contribution >= 0.6 is 62.3 Å². The molecule has 1 saturated carbocycles. The van der Waals surface area contributed by atoms with E-state index in [1.165, 1.54) is 0 Å². The molecule has 1 N–H and O–H groups in total. The summed E-state index contributed by atoms with van der Waals surface area (Å²) in [5.74, 6) is 1.30. The van der Waals surface area contributed by atoms with Crippen LogP contribution in [-0.2, 0) is 16.1 Å².